The second kappa shape index (κ2) is 6.85. The topological polar surface area (TPSA) is 45.7 Å². The third-order valence-corrected chi connectivity index (χ3v) is 4.23. The number of rotatable bonds is 3. The van der Waals surface area contributed by atoms with Crippen LogP contribution in [0.1, 0.15) is 52.9 Å². The monoisotopic (exact) mass is 297 g/mol. The van der Waals surface area contributed by atoms with Crippen molar-refractivity contribution in [3.63, 3.8) is 0 Å². The van der Waals surface area contributed by atoms with Crippen molar-refractivity contribution in [2.45, 2.75) is 59.0 Å². The molecule has 0 aromatic carbocycles. The van der Waals surface area contributed by atoms with Crippen molar-refractivity contribution < 1.29 is 4.74 Å². The van der Waals surface area contributed by atoms with Crippen LogP contribution in [0.3, 0.4) is 0 Å². The van der Waals surface area contributed by atoms with Crippen molar-refractivity contribution in [1.82, 2.24) is 10.7 Å². The van der Waals surface area contributed by atoms with Crippen LogP contribution < -0.4 is 10.7 Å². The molecular formula is C15H27N3OS. The van der Waals surface area contributed by atoms with Gasteiger partial charge in [-0.2, -0.15) is 5.10 Å². The molecule has 1 aliphatic heterocycles. The average molecular weight is 297 g/mol. The fraction of sp³-hybridized carbons (Fsp3) is 0.867. The molecule has 0 spiro atoms. The molecule has 1 aliphatic carbocycles. The minimum absolute atomic E-state index is 0.302. The molecule has 5 heteroatoms. The van der Waals surface area contributed by atoms with E-state index in [0.717, 1.165) is 38.8 Å². The molecule has 2 fully saturated rings. The molecule has 2 atom stereocenters. The molecule has 0 aromatic heterocycles. The van der Waals surface area contributed by atoms with E-state index in [1.54, 1.807) is 0 Å². The summed E-state index contributed by atoms with van der Waals surface area (Å²) in [5.41, 5.74) is 4.57. The molecule has 2 aliphatic rings. The molecule has 0 unspecified atom stereocenters. The van der Waals surface area contributed by atoms with Crippen LogP contribution in [-0.2, 0) is 4.74 Å². The van der Waals surface area contributed by atoms with Gasteiger partial charge in [0.1, 0.15) is 0 Å². The highest BCUT2D eigenvalue weighted by Gasteiger charge is 2.29. The molecule has 1 heterocycles. The molecule has 0 radical (unpaired) electrons. The predicted octanol–water partition coefficient (Wildman–Crippen LogP) is 2.83. The van der Waals surface area contributed by atoms with E-state index in [1.165, 1.54) is 12.1 Å². The zero-order chi connectivity index (χ0) is 14.6. The first-order valence-electron chi connectivity index (χ1n) is 7.65. The summed E-state index contributed by atoms with van der Waals surface area (Å²) >= 11 is 5.26. The van der Waals surface area contributed by atoms with Gasteiger partial charge in [-0.3, -0.25) is 5.43 Å². The Morgan fingerprint density at radius 2 is 2.30 bits per heavy atom. The molecule has 0 amide bonds. The van der Waals surface area contributed by atoms with Crippen molar-refractivity contribution in [1.29, 1.82) is 0 Å². The van der Waals surface area contributed by atoms with Crippen LogP contribution >= 0.6 is 12.2 Å². The number of nitrogens with one attached hydrogen (secondary N) is 2. The quantitative estimate of drug-likeness (QED) is 0.621. The Morgan fingerprint density at radius 3 is 2.95 bits per heavy atom. The minimum atomic E-state index is 0.302. The van der Waals surface area contributed by atoms with Crippen LogP contribution in [-0.4, -0.2) is 30.1 Å². The highest BCUT2D eigenvalue weighted by molar-refractivity contribution is 7.80. The first-order chi connectivity index (χ1) is 9.44. The smallest absolute Gasteiger partial charge is 0.187 e. The molecule has 1 saturated carbocycles. The first-order valence-corrected chi connectivity index (χ1v) is 8.06. The lowest BCUT2D eigenvalue weighted by Crippen LogP contribution is -2.38. The Bertz CT molecular complexity index is 375. The lowest BCUT2D eigenvalue weighted by molar-refractivity contribution is 0.114. The fourth-order valence-corrected chi connectivity index (χ4v) is 3.51. The lowest BCUT2D eigenvalue weighted by atomic mass is 9.72. The van der Waals surface area contributed by atoms with Gasteiger partial charge in [0.2, 0.25) is 0 Å². The van der Waals surface area contributed by atoms with E-state index in [4.69, 9.17) is 17.0 Å². The highest BCUT2D eigenvalue weighted by atomic mass is 32.1. The number of ether oxygens (including phenoxy) is 1. The minimum Gasteiger partial charge on any atom is -0.376 e. The van der Waals surface area contributed by atoms with Crippen LogP contribution in [0.15, 0.2) is 5.10 Å². The van der Waals surface area contributed by atoms with Gasteiger partial charge in [0.15, 0.2) is 5.11 Å². The van der Waals surface area contributed by atoms with Crippen LogP contribution in [0, 0.1) is 11.3 Å². The predicted molar refractivity (Wildman–Crippen MR) is 86.9 cm³/mol. The second-order valence-corrected chi connectivity index (χ2v) is 7.40. The molecule has 2 N–H and O–H groups in total. The SMILES string of the molecule is C[C@@H]1C/C(=N\NC(=S)NC[C@@H]2CCCO2)CC(C)(C)C1. The number of nitrogens with zero attached hydrogens (tertiary/aromatic N) is 1. The molecule has 4 nitrogen and oxygen atoms in total. The van der Waals surface area contributed by atoms with E-state index in [9.17, 15) is 0 Å². The summed E-state index contributed by atoms with van der Waals surface area (Å²) in [7, 11) is 0. The second-order valence-electron chi connectivity index (χ2n) is 6.99. The van der Waals surface area contributed by atoms with Gasteiger partial charge < -0.3 is 10.1 Å². The Labute approximate surface area is 127 Å². The van der Waals surface area contributed by atoms with E-state index < -0.39 is 0 Å². The van der Waals surface area contributed by atoms with Crippen molar-refractivity contribution >= 4 is 23.0 Å². The number of hydrogen-bond donors (Lipinski definition) is 2. The maximum Gasteiger partial charge on any atom is 0.187 e. The molecule has 114 valence electrons. The van der Waals surface area contributed by atoms with Gasteiger partial charge >= 0.3 is 0 Å². The zero-order valence-corrected chi connectivity index (χ0v) is 13.7. The largest absolute Gasteiger partial charge is 0.376 e. The molecule has 20 heavy (non-hydrogen) atoms. The summed E-state index contributed by atoms with van der Waals surface area (Å²) in [6, 6.07) is 0. The lowest BCUT2D eigenvalue weighted by Gasteiger charge is -2.34. The molecule has 0 aromatic rings. The standard InChI is InChI=1S/C15H27N3OS/c1-11-7-12(9-15(2,3)8-11)17-18-14(20)16-10-13-5-4-6-19-13/h11,13H,4-10H2,1-3H3,(H2,16,18,20)/b17-12+/t11-,13+/m1/s1. The fourth-order valence-electron chi connectivity index (χ4n) is 3.38. The van der Waals surface area contributed by atoms with Crippen molar-refractivity contribution in [2.75, 3.05) is 13.2 Å². The summed E-state index contributed by atoms with van der Waals surface area (Å²) in [4.78, 5) is 0. The summed E-state index contributed by atoms with van der Waals surface area (Å²) < 4.78 is 5.55. The molecule has 1 saturated heterocycles. The van der Waals surface area contributed by atoms with Crippen LogP contribution in [0.25, 0.3) is 0 Å². The zero-order valence-electron chi connectivity index (χ0n) is 12.9. The van der Waals surface area contributed by atoms with Gasteiger partial charge in [-0.05, 0) is 55.7 Å². The van der Waals surface area contributed by atoms with Crippen LogP contribution in [0.2, 0.25) is 0 Å². The highest BCUT2D eigenvalue weighted by Crippen LogP contribution is 2.36. The van der Waals surface area contributed by atoms with Gasteiger partial charge in [0.05, 0.1) is 6.10 Å². The summed E-state index contributed by atoms with van der Waals surface area (Å²) in [5.74, 6) is 0.702. The molecule has 0 bridgehead atoms. The van der Waals surface area contributed by atoms with Gasteiger partial charge in [-0.25, -0.2) is 0 Å². The Kier molecular flexibility index (Phi) is 5.38. The van der Waals surface area contributed by atoms with Gasteiger partial charge in [-0.15, -0.1) is 0 Å². The third-order valence-electron chi connectivity index (χ3n) is 4.00. The van der Waals surface area contributed by atoms with E-state index in [1.807, 2.05) is 0 Å². The van der Waals surface area contributed by atoms with E-state index in [0.29, 0.717) is 22.5 Å². The maximum absolute atomic E-state index is 5.55. The van der Waals surface area contributed by atoms with Crippen molar-refractivity contribution in [3.8, 4) is 0 Å². The van der Waals surface area contributed by atoms with Gasteiger partial charge in [-0.1, -0.05) is 20.8 Å². The third kappa shape index (κ3) is 5.02. The Hall–Kier alpha value is -0.680. The Morgan fingerprint density at radius 1 is 1.50 bits per heavy atom. The average Bonchev–Trinajstić information content (AvgIpc) is 2.84. The van der Waals surface area contributed by atoms with E-state index in [2.05, 4.69) is 36.6 Å². The first kappa shape index (κ1) is 15.7. The summed E-state index contributed by atoms with van der Waals surface area (Å²) in [6.07, 6.45) is 5.98. The van der Waals surface area contributed by atoms with Crippen molar-refractivity contribution in [3.05, 3.63) is 0 Å². The Balaban J connectivity index is 1.74. The van der Waals surface area contributed by atoms with Gasteiger partial charge in [0.25, 0.3) is 0 Å². The van der Waals surface area contributed by atoms with E-state index in [-0.39, 0.29) is 0 Å². The van der Waals surface area contributed by atoms with Crippen LogP contribution in [0.4, 0.5) is 0 Å². The van der Waals surface area contributed by atoms with Crippen LogP contribution in [0.5, 0.6) is 0 Å². The summed E-state index contributed by atoms with van der Waals surface area (Å²) in [6.45, 7) is 8.57. The van der Waals surface area contributed by atoms with Crippen molar-refractivity contribution in [2.24, 2.45) is 16.4 Å². The normalized spacial score (nSPS) is 31.2. The van der Waals surface area contributed by atoms with E-state index >= 15 is 0 Å². The van der Waals surface area contributed by atoms with Gasteiger partial charge in [0, 0.05) is 18.9 Å². The number of hydrogen-bond acceptors (Lipinski definition) is 3. The summed E-state index contributed by atoms with van der Waals surface area (Å²) in [5, 5.41) is 8.28. The molecule has 2 rings (SSSR count). The maximum atomic E-state index is 5.55. The molecular weight excluding hydrogens is 270 g/mol. The number of thiocarbonyl (C=S) groups is 1. The number of hydrazone groups is 1.